The number of aryl methyl sites for hydroxylation is 1. The predicted octanol–water partition coefficient (Wildman–Crippen LogP) is 1.93. The smallest absolute Gasteiger partial charge is 0.246 e. The average Bonchev–Trinajstić information content (AvgIpc) is 3.11. The fourth-order valence-electron chi connectivity index (χ4n) is 2.27. The summed E-state index contributed by atoms with van der Waals surface area (Å²) in [5, 5.41) is 6.01. The molecule has 3 rings (SSSR count). The molecular weight excluding hydrogens is 319 g/mol. The molecule has 2 aromatic rings. The van der Waals surface area contributed by atoms with Crippen LogP contribution in [0.1, 0.15) is 12.8 Å². The number of benzene rings is 1. The van der Waals surface area contributed by atoms with Gasteiger partial charge in [0.2, 0.25) is 11.8 Å². The van der Waals surface area contributed by atoms with Crippen LogP contribution in [0.15, 0.2) is 40.6 Å². The van der Waals surface area contributed by atoms with E-state index in [1.165, 1.54) is 23.9 Å². The molecule has 8 heteroatoms. The van der Waals surface area contributed by atoms with Crippen molar-refractivity contribution in [2.75, 3.05) is 5.32 Å². The minimum absolute atomic E-state index is 0.146. The Morgan fingerprint density at radius 3 is 3.00 bits per heavy atom. The zero-order valence-electron chi connectivity index (χ0n) is 12.4. The first kappa shape index (κ1) is 15.5. The van der Waals surface area contributed by atoms with Gasteiger partial charge in [-0.05, 0) is 36.4 Å². The standard InChI is InChI=1S/C15H15FN4O2S/c1-20-7-6-17-15(20)23-12-4-2-9(16)8-11(12)19-14(22)10-3-5-13(21)18-10/h2,4,6-8,10H,3,5H2,1H3,(H,18,21)(H,19,22). The number of aromatic nitrogens is 2. The summed E-state index contributed by atoms with van der Waals surface area (Å²) >= 11 is 1.32. The molecule has 120 valence electrons. The Hall–Kier alpha value is -2.35. The second kappa shape index (κ2) is 6.41. The van der Waals surface area contributed by atoms with Crippen molar-refractivity contribution in [3.63, 3.8) is 0 Å². The average molecular weight is 334 g/mol. The number of nitrogens with zero attached hydrogens (tertiary/aromatic N) is 2. The number of hydrogen-bond acceptors (Lipinski definition) is 4. The van der Waals surface area contributed by atoms with Gasteiger partial charge in [0.15, 0.2) is 5.16 Å². The van der Waals surface area contributed by atoms with E-state index in [0.29, 0.717) is 23.4 Å². The van der Waals surface area contributed by atoms with Gasteiger partial charge in [-0.15, -0.1) is 0 Å². The molecule has 1 fully saturated rings. The van der Waals surface area contributed by atoms with Crippen molar-refractivity contribution in [2.45, 2.75) is 28.9 Å². The van der Waals surface area contributed by atoms with Gasteiger partial charge in [0.25, 0.3) is 0 Å². The Bertz CT molecular complexity index is 762. The number of hydrogen-bond donors (Lipinski definition) is 2. The molecule has 1 aromatic carbocycles. The van der Waals surface area contributed by atoms with Crippen LogP contribution in [-0.2, 0) is 16.6 Å². The van der Waals surface area contributed by atoms with Crippen LogP contribution < -0.4 is 10.6 Å². The number of carbonyl (C=O) groups is 2. The van der Waals surface area contributed by atoms with Crippen molar-refractivity contribution in [3.8, 4) is 0 Å². The summed E-state index contributed by atoms with van der Waals surface area (Å²) in [6.45, 7) is 0. The van der Waals surface area contributed by atoms with Crippen LogP contribution in [0.2, 0.25) is 0 Å². The summed E-state index contributed by atoms with van der Waals surface area (Å²) in [5.74, 6) is -0.935. The molecule has 0 aliphatic carbocycles. The second-order valence-electron chi connectivity index (χ2n) is 5.21. The third kappa shape index (κ3) is 3.53. The predicted molar refractivity (Wildman–Crippen MR) is 83.5 cm³/mol. The van der Waals surface area contributed by atoms with Crippen LogP contribution >= 0.6 is 11.8 Å². The summed E-state index contributed by atoms with van der Waals surface area (Å²) in [6.07, 6.45) is 4.24. The SMILES string of the molecule is Cn1ccnc1Sc1ccc(F)cc1NC(=O)C1CCC(=O)N1. The lowest BCUT2D eigenvalue weighted by molar-refractivity contribution is -0.122. The Morgan fingerprint density at radius 2 is 2.35 bits per heavy atom. The minimum Gasteiger partial charge on any atom is -0.344 e. The van der Waals surface area contributed by atoms with Gasteiger partial charge in [-0.25, -0.2) is 9.37 Å². The Morgan fingerprint density at radius 1 is 1.52 bits per heavy atom. The highest BCUT2D eigenvalue weighted by molar-refractivity contribution is 7.99. The fourth-order valence-corrected chi connectivity index (χ4v) is 3.14. The Kier molecular flexibility index (Phi) is 4.33. The highest BCUT2D eigenvalue weighted by atomic mass is 32.2. The van der Waals surface area contributed by atoms with Crippen molar-refractivity contribution in [2.24, 2.45) is 7.05 Å². The molecule has 1 saturated heterocycles. The zero-order chi connectivity index (χ0) is 16.4. The van der Waals surface area contributed by atoms with E-state index in [2.05, 4.69) is 15.6 Å². The Labute approximate surface area is 136 Å². The number of rotatable bonds is 4. The van der Waals surface area contributed by atoms with E-state index in [9.17, 15) is 14.0 Å². The van der Waals surface area contributed by atoms with Gasteiger partial charge in [0.05, 0.1) is 5.69 Å². The van der Waals surface area contributed by atoms with E-state index in [4.69, 9.17) is 0 Å². The van der Waals surface area contributed by atoms with Crippen LogP contribution in [-0.4, -0.2) is 27.4 Å². The molecular formula is C15H15FN4O2S. The summed E-state index contributed by atoms with van der Waals surface area (Å²) in [4.78, 5) is 28.3. The van der Waals surface area contributed by atoms with E-state index >= 15 is 0 Å². The van der Waals surface area contributed by atoms with E-state index in [-0.39, 0.29) is 11.8 Å². The lowest BCUT2D eigenvalue weighted by atomic mass is 10.2. The summed E-state index contributed by atoms with van der Waals surface area (Å²) in [7, 11) is 1.85. The molecule has 0 radical (unpaired) electrons. The van der Waals surface area contributed by atoms with Gasteiger partial charge in [0, 0.05) is 30.8 Å². The highest BCUT2D eigenvalue weighted by Crippen LogP contribution is 2.33. The van der Waals surface area contributed by atoms with Gasteiger partial charge < -0.3 is 15.2 Å². The van der Waals surface area contributed by atoms with Crippen LogP contribution in [0.4, 0.5) is 10.1 Å². The number of imidazole rings is 1. The first-order chi connectivity index (χ1) is 11.0. The number of nitrogens with one attached hydrogen (secondary N) is 2. The van der Waals surface area contributed by atoms with E-state index < -0.39 is 11.9 Å². The lowest BCUT2D eigenvalue weighted by Gasteiger charge is -2.14. The quantitative estimate of drug-likeness (QED) is 0.896. The van der Waals surface area contributed by atoms with Crippen LogP contribution in [0, 0.1) is 5.82 Å². The molecule has 2 N–H and O–H groups in total. The van der Waals surface area contributed by atoms with Gasteiger partial charge >= 0.3 is 0 Å². The van der Waals surface area contributed by atoms with Gasteiger partial charge in [-0.2, -0.15) is 0 Å². The molecule has 1 atom stereocenters. The van der Waals surface area contributed by atoms with Crippen molar-refractivity contribution in [1.82, 2.24) is 14.9 Å². The van der Waals surface area contributed by atoms with Gasteiger partial charge in [-0.1, -0.05) is 0 Å². The molecule has 6 nitrogen and oxygen atoms in total. The molecule has 0 saturated carbocycles. The third-order valence-electron chi connectivity index (χ3n) is 3.49. The number of amides is 2. The van der Waals surface area contributed by atoms with E-state index in [1.54, 1.807) is 18.5 Å². The maximum absolute atomic E-state index is 13.5. The maximum Gasteiger partial charge on any atom is 0.246 e. The maximum atomic E-state index is 13.5. The van der Waals surface area contributed by atoms with Crippen molar-refractivity contribution >= 4 is 29.3 Å². The minimum atomic E-state index is -0.572. The topological polar surface area (TPSA) is 76.0 Å². The fraction of sp³-hybridized carbons (Fsp3) is 0.267. The molecule has 1 aliphatic heterocycles. The molecule has 1 unspecified atom stereocenters. The summed E-state index contributed by atoms with van der Waals surface area (Å²) < 4.78 is 15.4. The van der Waals surface area contributed by atoms with Crippen LogP contribution in [0.25, 0.3) is 0 Å². The molecule has 0 spiro atoms. The number of halogens is 1. The monoisotopic (exact) mass is 334 g/mol. The van der Waals surface area contributed by atoms with Crippen molar-refractivity contribution in [1.29, 1.82) is 0 Å². The second-order valence-corrected chi connectivity index (χ2v) is 6.22. The summed E-state index contributed by atoms with van der Waals surface area (Å²) in [6, 6.07) is 3.62. The van der Waals surface area contributed by atoms with Crippen molar-refractivity contribution in [3.05, 3.63) is 36.4 Å². The van der Waals surface area contributed by atoms with E-state index in [0.717, 1.165) is 5.16 Å². The largest absolute Gasteiger partial charge is 0.344 e. The van der Waals surface area contributed by atoms with E-state index in [1.807, 2.05) is 11.6 Å². The third-order valence-corrected chi connectivity index (χ3v) is 4.64. The molecule has 23 heavy (non-hydrogen) atoms. The summed E-state index contributed by atoms with van der Waals surface area (Å²) in [5.41, 5.74) is 0.365. The molecule has 0 bridgehead atoms. The lowest BCUT2D eigenvalue weighted by Crippen LogP contribution is -2.37. The first-order valence-corrected chi connectivity index (χ1v) is 7.89. The Balaban J connectivity index is 1.80. The zero-order valence-corrected chi connectivity index (χ0v) is 13.2. The van der Waals surface area contributed by atoms with Gasteiger partial charge in [0.1, 0.15) is 11.9 Å². The molecule has 2 heterocycles. The molecule has 2 amide bonds. The van der Waals surface area contributed by atoms with Crippen molar-refractivity contribution < 1.29 is 14.0 Å². The molecule has 1 aromatic heterocycles. The van der Waals surface area contributed by atoms with Gasteiger partial charge in [-0.3, -0.25) is 9.59 Å². The highest BCUT2D eigenvalue weighted by Gasteiger charge is 2.27. The first-order valence-electron chi connectivity index (χ1n) is 7.08. The van der Waals surface area contributed by atoms with Crippen LogP contribution in [0.3, 0.4) is 0 Å². The van der Waals surface area contributed by atoms with Crippen LogP contribution in [0.5, 0.6) is 0 Å². The number of anilines is 1. The molecule has 1 aliphatic rings. The number of carbonyl (C=O) groups excluding carboxylic acids is 2. The normalized spacial score (nSPS) is 17.1.